The third-order valence-corrected chi connectivity index (χ3v) is 2.05. The smallest absolute Gasteiger partial charge is 0.124 e. The monoisotopic (exact) mass is 175 g/mol. The first-order chi connectivity index (χ1) is 6.24. The Labute approximate surface area is 78.2 Å². The standard InChI is InChI=1S/C11H13NO/c1-4-10-9(6-7-13)8-12(3)11(10)5-2/h4-5,7-8H,1-2,6H2,3H3. The molecule has 1 heterocycles. The number of aromatic nitrogens is 1. The van der Waals surface area contributed by atoms with Crippen molar-refractivity contribution in [3.63, 3.8) is 0 Å². The molecule has 0 amide bonds. The maximum Gasteiger partial charge on any atom is 0.124 e. The molecule has 1 rings (SSSR count). The van der Waals surface area contributed by atoms with Gasteiger partial charge in [-0.25, -0.2) is 0 Å². The molecule has 0 radical (unpaired) electrons. The largest absolute Gasteiger partial charge is 0.350 e. The van der Waals surface area contributed by atoms with Gasteiger partial charge in [-0.2, -0.15) is 0 Å². The van der Waals surface area contributed by atoms with Crippen molar-refractivity contribution >= 4 is 18.4 Å². The minimum Gasteiger partial charge on any atom is -0.350 e. The molecule has 2 heteroatoms. The molecule has 0 N–H and O–H groups in total. The first-order valence-electron chi connectivity index (χ1n) is 4.11. The molecule has 68 valence electrons. The molecule has 0 spiro atoms. The summed E-state index contributed by atoms with van der Waals surface area (Å²) in [6, 6.07) is 0. The molecule has 13 heavy (non-hydrogen) atoms. The van der Waals surface area contributed by atoms with E-state index in [-0.39, 0.29) is 0 Å². The van der Waals surface area contributed by atoms with Crippen LogP contribution in [0.4, 0.5) is 0 Å². The van der Waals surface area contributed by atoms with Crippen LogP contribution in [-0.2, 0) is 18.3 Å². The number of nitrogens with zero attached hydrogens (tertiary/aromatic N) is 1. The van der Waals surface area contributed by atoms with E-state index < -0.39 is 0 Å². The Kier molecular flexibility index (Phi) is 2.85. The molecule has 0 bridgehead atoms. The van der Waals surface area contributed by atoms with Gasteiger partial charge in [-0.15, -0.1) is 0 Å². The second kappa shape index (κ2) is 3.90. The van der Waals surface area contributed by atoms with Crippen LogP contribution < -0.4 is 0 Å². The lowest BCUT2D eigenvalue weighted by Crippen LogP contribution is -1.88. The third-order valence-electron chi connectivity index (χ3n) is 2.05. The molecule has 0 saturated carbocycles. The summed E-state index contributed by atoms with van der Waals surface area (Å²) < 4.78 is 1.95. The van der Waals surface area contributed by atoms with Gasteiger partial charge in [0.05, 0.1) is 0 Å². The van der Waals surface area contributed by atoms with Crippen LogP contribution in [0.15, 0.2) is 19.4 Å². The normalized spacial score (nSPS) is 9.62. The summed E-state index contributed by atoms with van der Waals surface area (Å²) in [6.07, 6.45) is 6.79. The van der Waals surface area contributed by atoms with Crippen molar-refractivity contribution in [3.8, 4) is 0 Å². The fourth-order valence-electron chi connectivity index (χ4n) is 1.47. The minimum atomic E-state index is 0.434. The van der Waals surface area contributed by atoms with Crippen LogP contribution in [0, 0.1) is 0 Å². The van der Waals surface area contributed by atoms with Crippen LogP contribution >= 0.6 is 0 Å². The van der Waals surface area contributed by atoms with Gasteiger partial charge in [-0.05, 0) is 11.6 Å². The minimum absolute atomic E-state index is 0.434. The number of hydrogen-bond acceptors (Lipinski definition) is 1. The molecule has 2 nitrogen and oxygen atoms in total. The molecule has 1 aromatic rings. The lowest BCUT2D eigenvalue weighted by Gasteiger charge is -1.97. The van der Waals surface area contributed by atoms with E-state index in [9.17, 15) is 4.79 Å². The zero-order chi connectivity index (χ0) is 9.84. The summed E-state index contributed by atoms with van der Waals surface area (Å²) >= 11 is 0. The van der Waals surface area contributed by atoms with E-state index in [4.69, 9.17) is 0 Å². The molecule has 0 aliphatic heterocycles. The van der Waals surface area contributed by atoms with Crippen LogP contribution in [0.5, 0.6) is 0 Å². The van der Waals surface area contributed by atoms with Gasteiger partial charge in [0, 0.05) is 30.9 Å². The van der Waals surface area contributed by atoms with Crippen molar-refractivity contribution in [3.05, 3.63) is 36.2 Å². The van der Waals surface area contributed by atoms with Gasteiger partial charge in [0.25, 0.3) is 0 Å². The Balaban J connectivity index is 3.28. The molecule has 0 fully saturated rings. The predicted molar refractivity (Wildman–Crippen MR) is 55.4 cm³/mol. The Hall–Kier alpha value is -1.57. The second-order valence-corrected chi connectivity index (χ2v) is 2.84. The van der Waals surface area contributed by atoms with Crippen LogP contribution in [0.25, 0.3) is 12.2 Å². The maximum atomic E-state index is 10.4. The maximum absolute atomic E-state index is 10.4. The van der Waals surface area contributed by atoms with Crippen molar-refractivity contribution in [2.75, 3.05) is 0 Å². The highest BCUT2D eigenvalue weighted by Gasteiger charge is 2.07. The van der Waals surface area contributed by atoms with Crippen molar-refractivity contribution in [1.29, 1.82) is 0 Å². The van der Waals surface area contributed by atoms with Crippen molar-refractivity contribution in [2.24, 2.45) is 7.05 Å². The van der Waals surface area contributed by atoms with E-state index in [1.807, 2.05) is 17.8 Å². The van der Waals surface area contributed by atoms with Gasteiger partial charge < -0.3 is 9.36 Å². The molecule has 0 saturated heterocycles. The average molecular weight is 175 g/mol. The Morgan fingerprint density at radius 2 is 2.15 bits per heavy atom. The van der Waals surface area contributed by atoms with Gasteiger partial charge in [0.1, 0.15) is 6.29 Å². The van der Waals surface area contributed by atoms with Crippen LogP contribution in [0.1, 0.15) is 16.8 Å². The fraction of sp³-hybridized carbons (Fsp3) is 0.182. The van der Waals surface area contributed by atoms with Crippen molar-refractivity contribution in [2.45, 2.75) is 6.42 Å². The fourth-order valence-corrected chi connectivity index (χ4v) is 1.47. The zero-order valence-electron chi connectivity index (χ0n) is 7.79. The summed E-state index contributed by atoms with van der Waals surface area (Å²) in [4.78, 5) is 10.4. The molecule has 0 aromatic carbocycles. The predicted octanol–water partition coefficient (Wildman–Crippen LogP) is 2.05. The highest BCUT2D eigenvalue weighted by atomic mass is 16.1. The summed E-state index contributed by atoms with van der Waals surface area (Å²) in [7, 11) is 1.93. The van der Waals surface area contributed by atoms with Gasteiger partial charge in [-0.3, -0.25) is 0 Å². The molecule has 0 unspecified atom stereocenters. The van der Waals surface area contributed by atoms with Crippen LogP contribution in [0.3, 0.4) is 0 Å². The molecule has 0 aliphatic rings. The average Bonchev–Trinajstić information content (AvgIpc) is 2.41. The summed E-state index contributed by atoms with van der Waals surface area (Å²) in [5, 5.41) is 0. The molecular formula is C11H13NO. The van der Waals surface area contributed by atoms with E-state index in [1.54, 1.807) is 12.2 Å². The zero-order valence-corrected chi connectivity index (χ0v) is 7.79. The lowest BCUT2D eigenvalue weighted by molar-refractivity contribution is -0.107. The SMILES string of the molecule is C=Cc1c(CC=O)cn(C)c1C=C. The third kappa shape index (κ3) is 1.61. The van der Waals surface area contributed by atoms with E-state index in [1.165, 1.54) is 0 Å². The first kappa shape index (κ1) is 9.52. The van der Waals surface area contributed by atoms with Gasteiger partial charge >= 0.3 is 0 Å². The summed E-state index contributed by atoms with van der Waals surface area (Å²) in [6.45, 7) is 7.44. The van der Waals surface area contributed by atoms with E-state index in [0.717, 1.165) is 23.1 Å². The topological polar surface area (TPSA) is 22.0 Å². The summed E-state index contributed by atoms with van der Waals surface area (Å²) in [5.41, 5.74) is 3.01. The first-order valence-corrected chi connectivity index (χ1v) is 4.11. The van der Waals surface area contributed by atoms with Crippen LogP contribution in [0.2, 0.25) is 0 Å². The second-order valence-electron chi connectivity index (χ2n) is 2.84. The number of hydrogen-bond donors (Lipinski definition) is 0. The van der Waals surface area contributed by atoms with Gasteiger partial charge in [-0.1, -0.05) is 19.2 Å². The van der Waals surface area contributed by atoms with Crippen molar-refractivity contribution in [1.82, 2.24) is 4.57 Å². The van der Waals surface area contributed by atoms with E-state index in [2.05, 4.69) is 13.2 Å². The Morgan fingerprint density at radius 1 is 1.46 bits per heavy atom. The number of aldehydes is 1. The molecule has 0 aliphatic carbocycles. The molecular weight excluding hydrogens is 162 g/mol. The number of aryl methyl sites for hydroxylation is 1. The lowest BCUT2D eigenvalue weighted by atomic mass is 10.1. The Bertz CT molecular complexity index is 347. The van der Waals surface area contributed by atoms with Gasteiger partial charge in [0.15, 0.2) is 0 Å². The highest BCUT2D eigenvalue weighted by Crippen LogP contribution is 2.19. The Morgan fingerprint density at radius 3 is 2.62 bits per heavy atom. The quantitative estimate of drug-likeness (QED) is 0.642. The molecule has 0 atom stereocenters. The van der Waals surface area contributed by atoms with Crippen LogP contribution in [-0.4, -0.2) is 10.9 Å². The number of rotatable bonds is 4. The number of carbonyl (C=O) groups excluding carboxylic acids is 1. The highest BCUT2D eigenvalue weighted by molar-refractivity contribution is 5.68. The van der Waals surface area contributed by atoms with E-state index in [0.29, 0.717) is 6.42 Å². The van der Waals surface area contributed by atoms with Gasteiger partial charge in [0.2, 0.25) is 0 Å². The van der Waals surface area contributed by atoms with Crippen molar-refractivity contribution < 1.29 is 4.79 Å². The van der Waals surface area contributed by atoms with E-state index >= 15 is 0 Å². The molecule has 1 aromatic heterocycles. The summed E-state index contributed by atoms with van der Waals surface area (Å²) in [5.74, 6) is 0. The number of carbonyl (C=O) groups is 1.